The molecule has 12 heteroatoms. The average Bonchev–Trinajstić information content (AvgIpc) is 3.37. The van der Waals surface area contributed by atoms with E-state index in [0.29, 0.717) is 23.2 Å². The van der Waals surface area contributed by atoms with Crippen molar-refractivity contribution in [2.45, 2.75) is 12.1 Å². The maximum Gasteiger partial charge on any atom is 0.250 e. The number of ether oxygens (including phenoxy) is 3. The number of pyridine rings is 1. The smallest absolute Gasteiger partial charge is 0.250 e. The molecule has 0 aliphatic heterocycles. The van der Waals surface area contributed by atoms with E-state index in [0.717, 1.165) is 17.0 Å². The Morgan fingerprint density at radius 3 is 2.50 bits per heavy atom. The summed E-state index contributed by atoms with van der Waals surface area (Å²) in [5.74, 6) is 1.39. The molecule has 4 rings (SSSR count). The Labute approximate surface area is 223 Å². The molecule has 0 saturated heterocycles. The number of thioether (sulfide) groups is 1. The van der Waals surface area contributed by atoms with Crippen molar-refractivity contribution >= 4 is 23.9 Å². The van der Waals surface area contributed by atoms with Crippen molar-refractivity contribution < 1.29 is 24.1 Å². The van der Waals surface area contributed by atoms with E-state index in [-0.39, 0.29) is 28.9 Å². The lowest BCUT2D eigenvalue weighted by Crippen LogP contribution is -2.20. The lowest BCUT2D eigenvalue weighted by molar-refractivity contribution is -0.118. The molecule has 0 bridgehead atoms. The Morgan fingerprint density at radius 1 is 1.13 bits per heavy atom. The first kappa shape index (κ1) is 26.5. The van der Waals surface area contributed by atoms with E-state index < -0.39 is 0 Å². The number of hydrogen-bond donors (Lipinski definition) is 2. The van der Waals surface area contributed by atoms with Gasteiger partial charge in [0.1, 0.15) is 5.75 Å². The summed E-state index contributed by atoms with van der Waals surface area (Å²) in [6, 6.07) is 14.4. The highest BCUT2D eigenvalue weighted by Crippen LogP contribution is 2.36. The quantitative estimate of drug-likeness (QED) is 0.168. The number of aromatic nitrogens is 4. The Bertz CT molecular complexity index is 1380. The first-order valence-electron chi connectivity index (χ1n) is 11.5. The van der Waals surface area contributed by atoms with Crippen LogP contribution in [0.5, 0.6) is 23.0 Å². The van der Waals surface area contributed by atoms with Gasteiger partial charge in [0.2, 0.25) is 5.75 Å². The first-order chi connectivity index (χ1) is 18.5. The van der Waals surface area contributed by atoms with Gasteiger partial charge in [0.05, 0.1) is 32.8 Å². The van der Waals surface area contributed by atoms with Gasteiger partial charge in [-0.1, -0.05) is 11.8 Å². The van der Waals surface area contributed by atoms with Crippen LogP contribution in [-0.4, -0.2) is 63.6 Å². The second kappa shape index (κ2) is 12.6. The highest BCUT2D eigenvalue weighted by molar-refractivity contribution is 7.99. The molecule has 0 aliphatic rings. The van der Waals surface area contributed by atoms with Gasteiger partial charge in [0.25, 0.3) is 5.91 Å². The van der Waals surface area contributed by atoms with Crippen molar-refractivity contribution in [3.63, 3.8) is 0 Å². The van der Waals surface area contributed by atoms with E-state index in [1.54, 1.807) is 24.5 Å². The third-order valence-electron chi connectivity index (χ3n) is 5.20. The van der Waals surface area contributed by atoms with Crippen molar-refractivity contribution in [2.75, 3.05) is 26.6 Å². The fourth-order valence-electron chi connectivity index (χ4n) is 3.47. The van der Waals surface area contributed by atoms with Gasteiger partial charge < -0.3 is 19.3 Å². The molecule has 0 saturated carbocycles. The highest BCUT2D eigenvalue weighted by Gasteiger charge is 2.18. The molecule has 2 aromatic carbocycles. The van der Waals surface area contributed by atoms with Crippen LogP contribution in [-0.2, 0) is 4.79 Å². The summed E-state index contributed by atoms with van der Waals surface area (Å²) in [7, 11) is 2.86. The molecule has 0 fully saturated rings. The van der Waals surface area contributed by atoms with Crippen molar-refractivity contribution in [1.82, 2.24) is 25.2 Å². The second-order valence-electron chi connectivity index (χ2n) is 7.67. The van der Waals surface area contributed by atoms with Gasteiger partial charge in [-0.05, 0) is 55.5 Å². The third-order valence-corrected chi connectivity index (χ3v) is 6.13. The standard InChI is InChI=1S/C26H26N6O5S/c1-4-37-20-9-7-19(8-10-20)32-25(18-6-5-11-27-15-18)30-31-26(32)38-16-23(33)29-28-14-17-12-21(35-2)24(34)22(13-17)36-3/h5-15,34H,4,16H2,1-3H3,(H,29,33)/b28-14+. The number of aromatic hydroxyl groups is 1. The molecule has 0 unspecified atom stereocenters. The predicted molar refractivity (Wildman–Crippen MR) is 143 cm³/mol. The predicted octanol–water partition coefficient (Wildman–Crippen LogP) is 3.69. The number of carbonyl (C=O) groups is 1. The number of benzene rings is 2. The first-order valence-corrected chi connectivity index (χ1v) is 12.5. The molecule has 0 aliphatic carbocycles. The topological polar surface area (TPSA) is 133 Å². The summed E-state index contributed by atoms with van der Waals surface area (Å²) in [6.07, 6.45) is 4.82. The van der Waals surface area contributed by atoms with Crippen LogP contribution in [0.1, 0.15) is 12.5 Å². The zero-order chi connectivity index (χ0) is 26.9. The third kappa shape index (κ3) is 6.21. The number of carbonyl (C=O) groups excluding carboxylic acids is 1. The van der Waals surface area contributed by atoms with Crippen LogP contribution in [0.25, 0.3) is 17.1 Å². The van der Waals surface area contributed by atoms with E-state index in [9.17, 15) is 9.90 Å². The summed E-state index contributed by atoms with van der Waals surface area (Å²) < 4.78 is 17.7. The molecule has 2 aromatic heterocycles. The van der Waals surface area contributed by atoms with E-state index in [1.165, 1.54) is 32.2 Å². The Balaban J connectivity index is 1.49. The molecule has 2 heterocycles. The van der Waals surface area contributed by atoms with Crippen molar-refractivity contribution in [2.24, 2.45) is 5.10 Å². The molecule has 196 valence electrons. The monoisotopic (exact) mass is 534 g/mol. The van der Waals surface area contributed by atoms with Gasteiger partial charge >= 0.3 is 0 Å². The van der Waals surface area contributed by atoms with Crippen LogP contribution >= 0.6 is 11.8 Å². The van der Waals surface area contributed by atoms with E-state index in [1.807, 2.05) is 47.9 Å². The van der Waals surface area contributed by atoms with Crippen molar-refractivity contribution in [3.8, 4) is 40.1 Å². The minimum atomic E-state index is -0.340. The van der Waals surface area contributed by atoms with Gasteiger partial charge in [-0.15, -0.1) is 10.2 Å². The van der Waals surface area contributed by atoms with Gasteiger partial charge in [0, 0.05) is 29.2 Å². The van der Waals surface area contributed by atoms with Gasteiger partial charge in [0.15, 0.2) is 22.5 Å². The number of phenols is 1. The van der Waals surface area contributed by atoms with Crippen LogP contribution in [0.3, 0.4) is 0 Å². The number of phenolic OH excluding ortho intramolecular Hbond substituents is 1. The fourth-order valence-corrected chi connectivity index (χ4v) is 4.21. The molecule has 0 spiro atoms. The summed E-state index contributed by atoms with van der Waals surface area (Å²) in [5, 5.41) is 23.2. The Morgan fingerprint density at radius 2 is 1.87 bits per heavy atom. The minimum absolute atomic E-state index is 0.0434. The Hall–Kier alpha value is -4.58. The number of nitrogens with zero attached hydrogens (tertiary/aromatic N) is 5. The van der Waals surface area contributed by atoms with Crippen LogP contribution in [0.4, 0.5) is 0 Å². The van der Waals surface area contributed by atoms with Crippen LogP contribution in [0, 0.1) is 0 Å². The van der Waals surface area contributed by atoms with Gasteiger partial charge in [-0.2, -0.15) is 5.10 Å². The highest BCUT2D eigenvalue weighted by atomic mass is 32.2. The molecule has 0 radical (unpaired) electrons. The molecule has 38 heavy (non-hydrogen) atoms. The number of hydrazone groups is 1. The van der Waals surface area contributed by atoms with E-state index >= 15 is 0 Å². The van der Waals surface area contributed by atoms with Crippen molar-refractivity contribution in [1.29, 1.82) is 0 Å². The maximum absolute atomic E-state index is 12.5. The second-order valence-corrected chi connectivity index (χ2v) is 8.61. The number of rotatable bonds is 11. The molecule has 2 N–H and O–H groups in total. The number of amides is 1. The largest absolute Gasteiger partial charge is 0.502 e. The lowest BCUT2D eigenvalue weighted by atomic mass is 10.2. The lowest BCUT2D eigenvalue weighted by Gasteiger charge is -2.11. The van der Waals surface area contributed by atoms with Crippen LogP contribution < -0.4 is 19.6 Å². The normalized spacial score (nSPS) is 10.9. The summed E-state index contributed by atoms with van der Waals surface area (Å²) in [4.78, 5) is 16.7. The average molecular weight is 535 g/mol. The van der Waals surface area contributed by atoms with Gasteiger partial charge in [-0.25, -0.2) is 5.43 Å². The summed E-state index contributed by atoms with van der Waals surface area (Å²) >= 11 is 1.22. The molecule has 0 atom stereocenters. The maximum atomic E-state index is 12.5. The zero-order valence-corrected chi connectivity index (χ0v) is 21.8. The number of hydrogen-bond acceptors (Lipinski definition) is 10. The molecular formula is C26H26N6O5S. The molecule has 1 amide bonds. The SMILES string of the molecule is CCOc1ccc(-n2c(SCC(=O)N/N=C/c3cc(OC)c(O)c(OC)c3)nnc2-c2cccnc2)cc1. The molecule has 11 nitrogen and oxygen atoms in total. The fraction of sp³-hybridized carbons (Fsp3) is 0.192. The van der Waals surface area contributed by atoms with E-state index in [4.69, 9.17) is 14.2 Å². The molecule has 4 aromatic rings. The number of methoxy groups -OCH3 is 2. The summed E-state index contributed by atoms with van der Waals surface area (Å²) in [5.41, 5.74) is 4.66. The molecular weight excluding hydrogens is 508 g/mol. The van der Waals surface area contributed by atoms with Crippen LogP contribution in [0.15, 0.2) is 71.2 Å². The minimum Gasteiger partial charge on any atom is -0.502 e. The van der Waals surface area contributed by atoms with Crippen LogP contribution in [0.2, 0.25) is 0 Å². The van der Waals surface area contributed by atoms with E-state index in [2.05, 4.69) is 25.7 Å². The van der Waals surface area contributed by atoms with Crippen molar-refractivity contribution in [3.05, 3.63) is 66.5 Å². The summed E-state index contributed by atoms with van der Waals surface area (Å²) in [6.45, 7) is 2.50. The Kier molecular flexibility index (Phi) is 8.77. The zero-order valence-electron chi connectivity index (χ0n) is 21.0. The van der Waals surface area contributed by atoms with Gasteiger partial charge in [-0.3, -0.25) is 14.3 Å². The number of nitrogens with one attached hydrogen (secondary N) is 1.